The third-order valence-corrected chi connectivity index (χ3v) is 6.84. The number of methoxy groups -OCH3 is 1. The van der Waals surface area contributed by atoms with Crippen LogP contribution in [0.1, 0.15) is 11.5 Å². The summed E-state index contributed by atoms with van der Waals surface area (Å²) in [6.45, 7) is 0. The van der Waals surface area contributed by atoms with Crippen LogP contribution in [0.4, 0.5) is 0 Å². The van der Waals surface area contributed by atoms with E-state index in [1.807, 2.05) is 30.3 Å². The lowest BCUT2D eigenvalue weighted by molar-refractivity contribution is 0.391. The Morgan fingerprint density at radius 2 is 1.79 bits per heavy atom. The fourth-order valence-electron chi connectivity index (χ4n) is 2.22. The molecule has 0 unspecified atom stereocenters. The van der Waals surface area contributed by atoms with E-state index < -0.39 is 0 Å². The summed E-state index contributed by atoms with van der Waals surface area (Å²) < 4.78 is 12.3. The van der Waals surface area contributed by atoms with Crippen LogP contribution < -0.4 is 4.74 Å². The summed E-state index contributed by atoms with van der Waals surface area (Å²) in [5, 5.41) is 12.4. The first-order valence-electron chi connectivity index (χ1n) is 8.26. The molecule has 7 nitrogen and oxygen atoms in total. The van der Waals surface area contributed by atoms with Gasteiger partial charge in [-0.1, -0.05) is 58.2 Å². The van der Waals surface area contributed by atoms with Gasteiger partial charge in [-0.05, 0) is 29.8 Å². The molecule has 0 aliphatic heterocycles. The van der Waals surface area contributed by atoms with Crippen LogP contribution in [0.15, 0.2) is 61.9 Å². The molecule has 0 saturated carbocycles. The normalized spacial score (nSPS) is 10.9. The fourth-order valence-corrected chi connectivity index (χ4v) is 5.03. The van der Waals surface area contributed by atoms with Crippen LogP contribution in [-0.4, -0.2) is 32.4 Å². The molecule has 3 aromatic heterocycles. The summed E-state index contributed by atoms with van der Waals surface area (Å²) in [4.78, 5) is 8.59. The molecule has 0 aliphatic carbocycles. The van der Waals surface area contributed by atoms with Crippen molar-refractivity contribution in [1.82, 2.24) is 25.3 Å². The van der Waals surface area contributed by atoms with Gasteiger partial charge in [0.25, 0.3) is 0 Å². The highest BCUT2D eigenvalue weighted by molar-refractivity contribution is 8.02. The summed E-state index contributed by atoms with van der Waals surface area (Å²) in [5.74, 6) is 3.26. The number of ether oxygens (including phenoxy) is 1. The number of thioether (sulfide) groups is 2. The van der Waals surface area contributed by atoms with Crippen molar-refractivity contribution in [3.63, 3.8) is 0 Å². The molecular formula is C18H15N5O2S3. The molecule has 1 aromatic carbocycles. The van der Waals surface area contributed by atoms with Gasteiger partial charge < -0.3 is 9.26 Å². The molecular weight excluding hydrogens is 414 g/mol. The first-order valence-corrected chi connectivity index (χ1v) is 11.0. The van der Waals surface area contributed by atoms with E-state index >= 15 is 0 Å². The second kappa shape index (κ2) is 9.18. The van der Waals surface area contributed by atoms with E-state index in [1.165, 1.54) is 17.3 Å². The Morgan fingerprint density at radius 1 is 1.00 bits per heavy atom. The van der Waals surface area contributed by atoms with Crippen LogP contribution in [0.3, 0.4) is 0 Å². The predicted molar refractivity (Wildman–Crippen MR) is 110 cm³/mol. The summed E-state index contributed by atoms with van der Waals surface area (Å²) >= 11 is 4.75. The van der Waals surface area contributed by atoms with Crippen LogP contribution in [0.25, 0.3) is 11.5 Å². The van der Waals surface area contributed by atoms with E-state index in [0.717, 1.165) is 20.2 Å². The van der Waals surface area contributed by atoms with Gasteiger partial charge in [0.05, 0.1) is 12.9 Å². The minimum atomic E-state index is 0.490. The Balaban J connectivity index is 1.29. The van der Waals surface area contributed by atoms with Crippen molar-refractivity contribution in [2.45, 2.75) is 20.2 Å². The molecule has 0 N–H and O–H groups in total. The molecule has 0 fully saturated rings. The molecule has 0 amide bonds. The maximum atomic E-state index is 5.29. The zero-order chi connectivity index (χ0) is 19.2. The highest BCUT2D eigenvalue weighted by Gasteiger charge is 2.12. The van der Waals surface area contributed by atoms with Crippen molar-refractivity contribution in [1.29, 1.82) is 0 Å². The third kappa shape index (κ3) is 4.89. The number of benzene rings is 1. The lowest BCUT2D eigenvalue weighted by atomic mass is 10.2. The Bertz CT molecular complexity index is 1020. The largest absolute Gasteiger partial charge is 0.497 e. The maximum Gasteiger partial charge on any atom is 0.237 e. The molecule has 0 radical (unpaired) electrons. The van der Waals surface area contributed by atoms with Gasteiger partial charge in [0.2, 0.25) is 11.7 Å². The molecule has 0 bridgehead atoms. The molecule has 0 spiro atoms. The van der Waals surface area contributed by atoms with Crippen molar-refractivity contribution >= 4 is 34.9 Å². The Labute approximate surface area is 174 Å². The summed E-state index contributed by atoms with van der Waals surface area (Å²) in [5.41, 5.74) is 1.90. The monoisotopic (exact) mass is 429 g/mol. The fraction of sp³-hybridized carbons (Fsp3) is 0.167. The lowest BCUT2D eigenvalue weighted by Crippen LogP contribution is -1.85. The number of hydrogen-bond donors (Lipinski definition) is 0. The van der Waals surface area contributed by atoms with E-state index in [2.05, 4.69) is 37.5 Å². The minimum Gasteiger partial charge on any atom is -0.497 e. The Kier molecular flexibility index (Phi) is 6.20. The van der Waals surface area contributed by atoms with Crippen molar-refractivity contribution < 1.29 is 9.26 Å². The molecule has 0 aliphatic rings. The van der Waals surface area contributed by atoms with E-state index in [-0.39, 0.29) is 0 Å². The van der Waals surface area contributed by atoms with Gasteiger partial charge in [0.15, 0.2) is 8.68 Å². The molecule has 10 heteroatoms. The SMILES string of the molecule is COc1ccc(CSc2nnc(SCc3nc(-c4ccccn4)no3)s2)cc1. The average molecular weight is 430 g/mol. The van der Waals surface area contributed by atoms with Crippen LogP contribution >= 0.6 is 34.9 Å². The van der Waals surface area contributed by atoms with Gasteiger partial charge in [-0.25, -0.2) is 0 Å². The van der Waals surface area contributed by atoms with Gasteiger partial charge >= 0.3 is 0 Å². The average Bonchev–Trinajstić information content (AvgIpc) is 3.41. The number of pyridine rings is 1. The molecule has 142 valence electrons. The predicted octanol–water partition coefficient (Wildman–Crippen LogP) is 4.58. The summed E-state index contributed by atoms with van der Waals surface area (Å²) in [7, 11) is 1.66. The van der Waals surface area contributed by atoms with Gasteiger partial charge in [0, 0.05) is 11.9 Å². The standard InChI is InChI=1S/C18H15N5O2S3/c1-24-13-7-5-12(6-8-13)10-26-17-21-22-18(28-17)27-11-15-20-16(23-25-15)14-4-2-3-9-19-14/h2-9H,10-11H2,1H3. The first-order chi connectivity index (χ1) is 13.8. The number of nitrogens with zero attached hydrogens (tertiary/aromatic N) is 5. The smallest absolute Gasteiger partial charge is 0.237 e. The molecule has 0 saturated heterocycles. The summed E-state index contributed by atoms with van der Waals surface area (Å²) in [6.07, 6.45) is 1.70. The summed E-state index contributed by atoms with van der Waals surface area (Å²) in [6, 6.07) is 13.6. The lowest BCUT2D eigenvalue weighted by Gasteiger charge is -2.01. The quantitative estimate of drug-likeness (QED) is 0.374. The van der Waals surface area contributed by atoms with Crippen molar-refractivity contribution in [3.05, 3.63) is 60.1 Å². The zero-order valence-electron chi connectivity index (χ0n) is 14.8. The van der Waals surface area contributed by atoms with Crippen LogP contribution in [0.5, 0.6) is 5.75 Å². The minimum absolute atomic E-state index is 0.490. The van der Waals surface area contributed by atoms with Crippen LogP contribution in [-0.2, 0) is 11.5 Å². The van der Waals surface area contributed by atoms with Crippen molar-refractivity contribution in [3.8, 4) is 17.3 Å². The number of aromatic nitrogens is 5. The molecule has 4 rings (SSSR count). The highest BCUT2D eigenvalue weighted by Crippen LogP contribution is 2.32. The van der Waals surface area contributed by atoms with Crippen LogP contribution in [0.2, 0.25) is 0 Å². The second-order valence-electron chi connectivity index (χ2n) is 5.49. The highest BCUT2D eigenvalue weighted by atomic mass is 32.2. The number of rotatable bonds is 8. The van der Waals surface area contributed by atoms with E-state index in [9.17, 15) is 0 Å². The molecule has 0 atom stereocenters. The third-order valence-electron chi connectivity index (χ3n) is 3.59. The Morgan fingerprint density at radius 3 is 2.50 bits per heavy atom. The molecule has 28 heavy (non-hydrogen) atoms. The van der Waals surface area contributed by atoms with Crippen molar-refractivity contribution in [2.24, 2.45) is 0 Å². The zero-order valence-corrected chi connectivity index (χ0v) is 17.3. The maximum absolute atomic E-state index is 5.29. The Hall–Kier alpha value is -2.43. The van der Waals surface area contributed by atoms with Gasteiger partial charge in [-0.15, -0.1) is 10.2 Å². The van der Waals surface area contributed by atoms with Gasteiger partial charge in [-0.3, -0.25) is 4.98 Å². The molecule has 4 aromatic rings. The van der Waals surface area contributed by atoms with E-state index in [4.69, 9.17) is 9.26 Å². The van der Waals surface area contributed by atoms with E-state index in [0.29, 0.717) is 23.2 Å². The first kappa shape index (κ1) is 18.9. The van der Waals surface area contributed by atoms with Crippen molar-refractivity contribution in [2.75, 3.05) is 7.11 Å². The topological polar surface area (TPSA) is 86.8 Å². The second-order valence-corrected chi connectivity index (χ2v) is 8.91. The van der Waals surface area contributed by atoms with E-state index in [1.54, 1.807) is 36.4 Å². The molecule has 3 heterocycles. The van der Waals surface area contributed by atoms with Crippen LogP contribution in [0, 0.1) is 0 Å². The van der Waals surface area contributed by atoms with Gasteiger partial charge in [-0.2, -0.15) is 4.98 Å². The number of hydrogen-bond acceptors (Lipinski definition) is 10. The van der Waals surface area contributed by atoms with Gasteiger partial charge in [0.1, 0.15) is 11.4 Å².